The van der Waals surface area contributed by atoms with Gasteiger partial charge in [0.05, 0.1) is 17.1 Å². The quantitative estimate of drug-likeness (QED) is 0.848. The number of anilines is 2. The van der Waals surface area contributed by atoms with Crippen molar-refractivity contribution in [2.75, 3.05) is 11.1 Å². The van der Waals surface area contributed by atoms with Gasteiger partial charge in [-0.2, -0.15) is 5.10 Å². The van der Waals surface area contributed by atoms with Crippen molar-refractivity contribution in [3.05, 3.63) is 40.7 Å². The summed E-state index contributed by atoms with van der Waals surface area (Å²) < 4.78 is 1.75. The highest BCUT2D eigenvalue weighted by Crippen LogP contribution is 2.22. The summed E-state index contributed by atoms with van der Waals surface area (Å²) in [6, 6.07) is 5.57. The molecule has 3 N–H and O–H groups in total. The fraction of sp³-hybridized carbons (Fsp3) is 0.375. The number of rotatable bonds is 4. The number of aryl methyl sites for hydroxylation is 2. The van der Waals surface area contributed by atoms with E-state index in [0.29, 0.717) is 11.4 Å². The lowest BCUT2D eigenvalue weighted by molar-refractivity contribution is -0.116. The average molecular weight is 286 g/mol. The normalized spacial score (nSPS) is 10.7. The highest BCUT2D eigenvalue weighted by molar-refractivity contribution is 5.94. The van der Waals surface area contributed by atoms with E-state index in [1.54, 1.807) is 10.7 Å². The van der Waals surface area contributed by atoms with Gasteiger partial charge in [0.1, 0.15) is 6.54 Å². The molecule has 0 bridgehead atoms. The lowest BCUT2D eigenvalue weighted by atomic mass is 10.1. The van der Waals surface area contributed by atoms with Crippen LogP contribution in [-0.4, -0.2) is 15.7 Å². The maximum absolute atomic E-state index is 12.2. The van der Waals surface area contributed by atoms with Gasteiger partial charge in [0, 0.05) is 5.69 Å². The zero-order valence-corrected chi connectivity index (χ0v) is 13.0. The molecule has 112 valence electrons. The number of nitrogens with two attached hydrogens (primary N) is 1. The Kier molecular flexibility index (Phi) is 4.31. The monoisotopic (exact) mass is 286 g/mol. The Balaban J connectivity index is 2.16. The molecule has 1 heterocycles. The Morgan fingerprint density at radius 3 is 2.62 bits per heavy atom. The number of benzene rings is 1. The largest absolute Gasteiger partial charge is 0.397 e. The summed E-state index contributed by atoms with van der Waals surface area (Å²) in [4.78, 5) is 12.2. The molecule has 1 aromatic carbocycles. The molecule has 5 heteroatoms. The summed E-state index contributed by atoms with van der Waals surface area (Å²) in [7, 11) is 0. The minimum atomic E-state index is -0.121. The van der Waals surface area contributed by atoms with E-state index in [4.69, 9.17) is 5.73 Å². The van der Waals surface area contributed by atoms with Gasteiger partial charge in [-0.15, -0.1) is 0 Å². The van der Waals surface area contributed by atoms with Crippen molar-refractivity contribution in [3.8, 4) is 0 Å². The van der Waals surface area contributed by atoms with Crippen LogP contribution in [0.25, 0.3) is 0 Å². The molecule has 5 nitrogen and oxygen atoms in total. The number of carbonyl (C=O) groups is 1. The Morgan fingerprint density at radius 1 is 1.33 bits per heavy atom. The molecule has 2 aromatic rings. The molecule has 0 aliphatic heterocycles. The average Bonchev–Trinajstić information content (AvgIpc) is 2.68. The molecule has 1 amide bonds. The number of para-hydroxylation sites is 1. The molecule has 0 saturated heterocycles. The molecule has 0 atom stereocenters. The fourth-order valence-electron chi connectivity index (χ4n) is 2.58. The first-order chi connectivity index (χ1) is 9.93. The Bertz CT molecular complexity index is 653. The second kappa shape index (κ2) is 5.99. The van der Waals surface area contributed by atoms with Crippen LogP contribution in [0.1, 0.15) is 29.4 Å². The second-order valence-corrected chi connectivity index (χ2v) is 5.25. The topological polar surface area (TPSA) is 72.9 Å². The zero-order valence-electron chi connectivity index (χ0n) is 13.0. The van der Waals surface area contributed by atoms with Gasteiger partial charge in [0.2, 0.25) is 5.91 Å². The number of carbonyl (C=O) groups excluding carboxylic acids is 1. The predicted molar refractivity (Wildman–Crippen MR) is 85.3 cm³/mol. The lowest BCUT2D eigenvalue weighted by Crippen LogP contribution is -2.21. The third-order valence-corrected chi connectivity index (χ3v) is 3.75. The van der Waals surface area contributed by atoms with Gasteiger partial charge in [-0.05, 0) is 44.4 Å². The maximum atomic E-state index is 12.2. The standard InChI is InChI=1S/C16H22N4O/c1-5-13-11(3)19-20(12(13)4)9-15(21)18-16-10(2)7-6-8-14(16)17/h6-8H,5,9,17H2,1-4H3,(H,18,21). The third-order valence-electron chi connectivity index (χ3n) is 3.75. The van der Waals surface area contributed by atoms with E-state index in [0.717, 1.165) is 23.4 Å². The summed E-state index contributed by atoms with van der Waals surface area (Å²) in [6.45, 7) is 8.17. The van der Waals surface area contributed by atoms with Crippen LogP contribution in [-0.2, 0) is 17.8 Å². The van der Waals surface area contributed by atoms with Crippen molar-refractivity contribution >= 4 is 17.3 Å². The van der Waals surface area contributed by atoms with Crippen LogP contribution >= 0.6 is 0 Å². The van der Waals surface area contributed by atoms with Gasteiger partial charge < -0.3 is 11.1 Å². The maximum Gasteiger partial charge on any atom is 0.246 e. The molecule has 0 aliphatic rings. The van der Waals surface area contributed by atoms with Crippen LogP contribution in [0.15, 0.2) is 18.2 Å². The number of hydrogen-bond donors (Lipinski definition) is 2. The van der Waals surface area contributed by atoms with E-state index in [9.17, 15) is 4.79 Å². The SMILES string of the molecule is CCc1c(C)nn(CC(=O)Nc2c(C)cccc2N)c1C. The second-order valence-electron chi connectivity index (χ2n) is 5.25. The van der Waals surface area contributed by atoms with E-state index < -0.39 is 0 Å². The van der Waals surface area contributed by atoms with Crippen LogP contribution in [0.4, 0.5) is 11.4 Å². The Labute approximate surface area is 125 Å². The number of nitrogens with one attached hydrogen (secondary N) is 1. The molecule has 21 heavy (non-hydrogen) atoms. The fourth-order valence-corrected chi connectivity index (χ4v) is 2.58. The van der Waals surface area contributed by atoms with Crippen LogP contribution in [0.5, 0.6) is 0 Å². The van der Waals surface area contributed by atoms with Gasteiger partial charge in [-0.25, -0.2) is 0 Å². The highest BCUT2D eigenvalue weighted by Gasteiger charge is 2.13. The molecule has 1 aromatic heterocycles. The summed E-state index contributed by atoms with van der Waals surface area (Å²) in [5.41, 5.74) is 11.3. The first-order valence-corrected chi connectivity index (χ1v) is 7.11. The van der Waals surface area contributed by atoms with Crippen LogP contribution in [0.2, 0.25) is 0 Å². The number of nitrogen functional groups attached to an aromatic ring is 1. The van der Waals surface area contributed by atoms with Crippen molar-refractivity contribution in [2.24, 2.45) is 0 Å². The predicted octanol–water partition coefficient (Wildman–Crippen LogP) is 2.59. The summed E-state index contributed by atoms with van der Waals surface area (Å²) in [6.07, 6.45) is 0.921. The van der Waals surface area contributed by atoms with Gasteiger partial charge >= 0.3 is 0 Å². The van der Waals surface area contributed by atoms with Crippen molar-refractivity contribution in [2.45, 2.75) is 40.7 Å². The van der Waals surface area contributed by atoms with Crippen LogP contribution < -0.4 is 11.1 Å². The van der Waals surface area contributed by atoms with Gasteiger partial charge in [0.25, 0.3) is 0 Å². The van der Waals surface area contributed by atoms with Gasteiger partial charge in [0.15, 0.2) is 0 Å². The van der Waals surface area contributed by atoms with Crippen molar-refractivity contribution < 1.29 is 4.79 Å². The Morgan fingerprint density at radius 2 is 2.05 bits per heavy atom. The van der Waals surface area contributed by atoms with E-state index in [1.807, 2.05) is 32.9 Å². The van der Waals surface area contributed by atoms with Crippen LogP contribution in [0, 0.1) is 20.8 Å². The molecule has 0 fully saturated rings. The molecule has 0 spiro atoms. The first kappa shape index (κ1) is 15.1. The van der Waals surface area contributed by atoms with Crippen molar-refractivity contribution in [1.29, 1.82) is 0 Å². The number of nitrogens with zero attached hydrogens (tertiary/aromatic N) is 2. The highest BCUT2D eigenvalue weighted by atomic mass is 16.2. The first-order valence-electron chi connectivity index (χ1n) is 7.11. The van der Waals surface area contributed by atoms with Crippen molar-refractivity contribution in [1.82, 2.24) is 9.78 Å². The van der Waals surface area contributed by atoms with Crippen LogP contribution in [0.3, 0.4) is 0 Å². The molecular weight excluding hydrogens is 264 g/mol. The van der Waals surface area contributed by atoms with Crippen molar-refractivity contribution in [3.63, 3.8) is 0 Å². The molecule has 2 rings (SSSR count). The van der Waals surface area contributed by atoms with E-state index in [-0.39, 0.29) is 12.5 Å². The molecule has 0 aliphatic carbocycles. The minimum absolute atomic E-state index is 0.121. The summed E-state index contributed by atoms with van der Waals surface area (Å²) >= 11 is 0. The minimum Gasteiger partial charge on any atom is -0.397 e. The number of aromatic nitrogens is 2. The smallest absolute Gasteiger partial charge is 0.246 e. The molecular formula is C16H22N4O. The van der Waals surface area contributed by atoms with E-state index >= 15 is 0 Å². The summed E-state index contributed by atoms with van der Waals surface area (Å²) in [5, 5.41) is 7.31. The Hall–Kier alpha value is -2.30. The summed E-state index contributed by atoms with van der Waals surface area (Å²) in [5.74, 6) is -0.121. The zero-order chi connectivity index (χ0) is 15.6. The van der Waals surface area contributed by atoms with E-state index in [1.165, 1.54) is 5.56 Å². The number of hydrogen-bond acceptors (Lipinski definition) is 3. The molecule has 0 radical (unpaired) electrons. The lowest BCUT2D eigenvalue weighted by Gasteiger charge is -2.11. The number of amides is 1. The molecule has 0 unspecified atom stereocenters. The van der Waals surface area contributed by atoms with Gasteiger partial charge in [-0.3, -0.25) is 9.48 Å². The third kappa shape index (κ3) is 3.07. The van der Waals surface area contributed by atoms with Gasteiger partial charge in [-0.1, -0.05) is 19.1 Å². The van der Waals surface area contributed by atoms with E-state index in [2.05, 4.69) is 17.3 Å². The molecule has 0 saturated carbocycles.